The largest absolute Gasteiger partial charge is 0.304 e. The Labute approximate surface area is 69.6 Å². The van der Waals surface area contributed by atoms with Gasteiger partial charge in [0.25, 0.3) is 0 Å². The molecule has 0 spiro atoms. The molecule has 0 aromatic carbocycles. The topological polar surface area (TPSA) is 47.0 Å². The van der Waals surface area contributed by atoms with Crippen LogP contribution in [0.2, 0.25) is 0 Å². The third-order valence-electron chi connectivity index (χ3n) is 1.21. The minimum Gasteiger partial charge on any atom is -0.304 e. The zero-order valence-corrected chi connectivity index (χ0v) is 7.60. The van der Waals surface area contributed by atoms with Crippen LogP contribution in [-0.4, -0.2) is 17.3 Å². The molecule has 1 aromatic rings. The zero-order valence-electron chi connectivity index (χ0n) is 6.79. The van der Waals surface area contributed by atoms with E-state index in [0.29, 0.717) is 0 Å². The van der Waals surface area contributed by atoms with Crippen LogP contribution in [-0.2, 0) is 4.84 Å². The van der Waals surface area contributed by atoms with Crippen molar-refractivity contribution in [3.63, 3.8) is 0 Å². The molecule has 0 saturated heterocycles. The molecule has 1 rings (SSSR count). The Morgan fingerprint density at radius 1 is 1.55 bits per heavy atom. The van der Waals surface area contributed by atoms with Crippen LogP contribution in [0, 0.1) is 6.92 Å². The van der Waals surface area contributed by atoms with Crippen LogP contribution in [0.3, 0.4) is 0 Å². The molecule has 4 nitrogen and oxygen atoms in total. The van der Waals surface area contributed by atoms with E-state index in [1.165, 1.54) is 0 Å². The zero-order chi connectivity index (χ0) is 8.27. The molecule has 1 N–H and O–H groups in total. The molecular formula is C6H11N3OS. The first-order chi connectivity index (χ1) is 5.24. The summed E-state index contributed by atoms with van der Waals surface area (Å²) in [6.45, 7) is 3.91. The first-order valence-corrected chi connectivity index (χ1v) is 4.14. The number of hydrogen-bond donors (Lipinski definition) is 1. The average molecular weight is 173 g/mol. The van der Waals surface area contributed by atoms with E-state index in [4.69, 9.17) is 4.84 Å². The van der Waals surface area contributed by atoms with Crippen LogP contribution in [0.5, 0.6) is 0 Å². The Balaban J connectivity index is 2.60. The molecule has 0 saturated carbocycles. The van der Waals surface area contributed by atoms with Crippen molar-refractivity contribution in [3.8, 4) is 0 Å². The van der Waals surface area contributed by atoms with Gasteiger partial charge in [-0.2, -0.15) is 5.48 Å². The highest BCUT2D eigenvalue weighted by Crippen LogP contribution is 2.16. The monoisotopic (exact) mass is 173 g/mol. The second-order valence-corrected chi connectivity index (χ2v) is 3.42. The summed E-state index contributed by atoms with van der Waals surface area (Å²) in [5.74, 6) is 0. The predicted molar refractivity (Wildman–Crippen MR) is 43.2 cm³/mol. The van der Waals surface area contributed by atoms with Crippen LogP contribution in [0.1, 0.15) is 23.0 Å². The molecule has 0 amide bonds. The molecule has 0 aliphatic rings. The summed E-state index contributed by atoms with van der Waals surface area (Å²) in [6, 6.07) is 0.117. The molecule has 1 atom stereocenters. The van der Waals surface area contributed by atoms with Gasteiger partial charge in [-0.1, -0.05) is 0 Å². The Morgan fingerprint density at radius 2 is 2.27 bits per heavy atom. The molecule has 0 bridgehead atoms. The van der Waals surface area contributed by atoms with E-state index >= 15 is 0 Å². The van der Waals surface area contributed by atoms with Crippen LogP contribution in [0.4, 0.5) is 0 Å². The number of hydrogen-bond acceptors (Lipinski definition) is 5. The highest BCUT2D eigenvalue weighted by Gasteiger charge is 2.08. The Hall–Kier alpha value is -0.520. The van der Waals surface area contributed by atoms with Crippen molar-refractivity contribution < 1.29 is 4.84 Å². The molecule has 62 valence electrons. The summed E-state index contributed by atoms with van der Waals surface area (Å²) < 4.78 is 0. The minimum absolute atomic E-state index is 0.117. The van der Waals surface area contributed by atoms with Gasteiger partial charge in [0.2, 0.25) is 0 Å². The SMILES string of the molecule is CONC(C)c1nnc(C)s1. The second-order valence-electron chi connectivity index (χ2n) is 2.20. The lowest BCUT2D eigenvalue weighted by atomic mass is 10.4. The van der Waals surface area contributed by atoms with Crippen LogP contribution in [0.25, 0.3) is 0 Å². The summed E-state index contributed by atoms with van der Waals surface area (Å²) in [4.78, 5) is 4.76. The van der Waals surface area contributed by atoms with Crippen molar-refractivity contribution in [2.75, 3.05) is 7.11 Å². The smallest absolute Gasteiger partial charge is 0.136 e. The van der Waals surface area contributed by atoms with Gasteiger partial charge in [-0.05, 0) is 13.8 Å². The molecule has 1 aromatic heterocycles. The fourth-order valence-electron chi connectivity index (χ4n) is 0.714. The maximum atomic E-state index is 4.76. The summed E-state index contributed by atoms with van der Waals surface area (Å²) in [5.41, 5.74) is 2.78. The summed E-state index contributed by atoms with van der Waals surface area (Å²) in [6.07, 6.45) is 0. The average Bonchev–Trinajstić information content (AvgIpc) is 2.36. The number of aromatic nitrogens is 2. The second kappa shape index (κ2) is 3.75. The molecule has 0 aliphatic carbocycles. The van der Waals surface area contributed by atoms with Gasteiger partial charge in [-0.15, -0.1) is 21.5 Å². The van der Waals surface area contributed by atoms with E-state index in [2.05, 4.69) is 15.7 Å². The van der Waals surface area contributed by atoms with Gasteiger partial charge in [0.15, 0.2) is 0 Å². The maximum absolute atomic E-state index is 4.76. The van der Waals surface area contributed by atoms with Gasteiger partial charge < -0.3 is 4.84 Å². The normalized spacial score (nSPS) is 13.4. The molecule has 0 fully saturated rings. The predicted octanol–water partition coefficient (Wildman–Crippen LogP) is 1.06. The number of hydroxylamine groups is 1. The van der Waals surface area contributed by atoms with Crippen molar-refractivity contribution >= 4 is 11.3 Å². The van der Waals surface area contributed by atoms with Crippen LogP contribution in [0.15, 0.2) is 0 Å². The van der Waals surface area contributed by atoms with Gasteiger partial charge in [0.1, 0.15) is 10.0 Å². The van der Waals surface area contributed by atoms with Crippen LogP contribution >= 0.6 is 11.3 Å². The van der Waals surface area contributed by atoms with Crippen LogP contribution < -0.4 is 5.48 Å². The van der Waals surface area contributed by atoms with Crippen molar-refractivity contribution in [1.82, 2.24) is 15.7 Å². The molecule has 5 heteroatoms. The number of nitrogens with one attached hydrogen (secondary N) is 1. The Bertz CT molecular complexity index is 225. The van der Waals surface area contributed by atoms with Crippen molar-refractivity contribution in [3.05, 3.63) is 10.0 Å². The van der Waals surface area contributed by atoms with E-state index in [0.717, 1.165) is 10.0 Å². The minimum atomic E-state index is 0.117. The first-order valence-electron chi connectivity index (χ1n) is 3.32. The van der Waals surface area contributed by atoms with Gasteiger partial charge in [0.05, 0.1) is 13.2 Å². The van der Waals surface area contributed by atoms with Gasteiger partial charge in [0, 0.05) is 0 Å². The van der Waals surface area contributed by atoms with E-state index in [1.807, 2.05) is 13.8 Å². The molecule has 1 unspecified atom stereocenters. The molecule has 1 heterocycles. The third kappa shape index (κ3) is 2.21. The lowest BCUT2D eigenvalue weighted by Gasteiger charge is -2.05. The standard InChI is InChI=1S/C6H11N3OS/c1-4(9-10-3)6-8-7-5(2)11-6/h4,9H,1-3H3. The summed E-state index contributed by atoms with van der Waals surface area (Å²) in [7, 11) is 1.59. The van der Waals surface area contributed by atoms with E-state index in [-0.39, 0.29) is 6.04 Å². The van der Waals surface area contributed by atoms with E-state index in [9.17, 15) is 0 Å². The molecular weight excluding hydrogens is 162 g/mol. The first kappa shape index (κ1) is 8.58. The highest BCUT2D eigenvalue weighted by molar-refractivity contribution is 7.11. The van der Waals surface area contributed by atoms with Gasteiger partial charge >= 0.3 is 0 Å². The molecule has 0 aliphatic heterocycles. The van der Waals surface area contributed by atoms with Crippen molar-refractivity contribution in [2.45, 2.75) is 19.9 Å². The summed E-state index contributed by atoms with van der Waals surface area (Å²) in [5, 5.41) is 9.78. The fraction of sp³-hybridized carbons (Fsp3) is 0.667. The van der Waals surface area contributed by atoms with E-state index in [1.54, 1.807) is 18.4 Å². The lowest BCUT2D eigenvalue weighted by molar-refractivity contribution is 0.0656. The van der Waals surface area contributed by atoms with Gasteiger partial charge in [-0.3, -0.25) is 0 Å². The van der Waals surface area contributed by atoms with E-state index < -0.39 is 0 Å². The van der Waals surface area contributed by atoms with Crippen molar-refractivity contribution in [2.24, 2.45) is 0 Å². The fourth-order valence-corrected chi connectivity index (χ4v) is 1.40. The van der Waals surface area contributed by atoms with Crippen molar-refractivity contribution in [1.29, 1.82) is 0 Å². The highest BCUT2D eigenvalue weighted by atomic mass is 32.1. The summed E-state index contributed by atoms with van der Waals surface area (Å²) >= 11 is 1.57. The number of rotatable bonds is 3. The quantitative estimate of drug-likeness (QED) is 0.694. The number of nitrogens with zero attached hydrogens (tertiary/aromatic N) is 2. The van der Waals surface area contributed by atoms with Gasteiger partial charge in [-0.25, -0.2) is 0 Å². The number of aryl methyl sites for hydroxylation is 1. The lowest BCUT2D eigenvalue weighted by Crippen LogP contribution is -2.16. The molecule has 11 heavy (non-hydrogen) atoms. The third-order valence-corrected chi connectivity index (χ3v) is 2.23. The Kier molecular flexibility index (Phi) is 2.92. The Morgan fingerprint density at radius 3 is 2.73 bits per heavy atom. The maximum Gasteiger partial charge on any atom is 0.136 e. The molecule has 0 radical (unpaired) electrons.